The van der Waals surface area contributed by atoms with Crippen molar-refractivity contribution in [3.63, 3.8) is 0 Å². The monoisotopic (exact) mass is 405 g/mol. The molecule has 6 heteroatoms. The zero-order chi connectivity index (χ0) is 18.2. The van der Waals surface area contributed by atoms with Crippen LogP contribution in [0.4, 0.5) is 0 Å². The van der Waals surface area contributed by atoms with E-state index in [4.69, 9.17) is 0 Å². The molecule has 0 bridgehead atoms. The summed E-state index contributed by atoms with van der Waals surface area (Å²) in [5, 5.41) is 4.17. The van der Waals surface area contributed by atoms with E-state index in [1.54, 1.807) is 0 Å². The van der Waals surface area contributed by atoms with Gasteiger partial charge in [-0.3, -0.25) is 9.59 Å². The van der Waals surface area contributed by atoms with Crippen LogP contribution in [0.2, 0.25) is 0 Å². The number of amides is 2. The van der Waals surface area contributed by atoms with E-state index in [0.717, 1.165) is 15.4 Å². The highest BCUT2D eigenvalue weighted by molar-refractivity contribution is 9.10. The van der Waals surface area contributed by atoms with Crippen LogP contribution in [0, 0.1) is 0 Å². The average molecular weight is 406 g/mol. The normalized spacial score (nSPS) is 18.2. The van der Waals surface area contributed by atoms with Crippen LogP contribution in [0.15, 0.2) is 34.9 Å². The van der Waals surface area contributed by atoms with Crippen LogP contribution in [0.3, 0.4) is 0 Å². The van der Waals surface area contributed by atoms with E-state index < -0.39 is 0 Å². The van der Waals surface area contributed by atoms with Gasteiger partial charge in [0.05, 0.1) is 6.04 Å². The van der Waals surface area contributed by atoms with Gasteiger partial charge in [0.1, 0.15) is 0 Å². The van der Waals surface area contributed by atoms with Crippen molar-refractivity contribution >= 4 is 38.6 Å². The van der Waals surface area contributed by atoms with Crippen molar-refractivity contribution in [2.75, 3.05) is 6.54 Å². The maximum Gasteiger partial charge on any atom is 0.225 e. The van der Waals surface area contributed by atoms with Crippen LogP contribution in [-0.2, 0) is 16.1 Å². The van der Waals surface area contributed by atoms with Crippen molar-refractivity contribution in [1.29, 1.82) is 0 Å². The molecule has 2 heterocycles. The van der Waals surface area contributed by atoms with Crippen molar-refractivity contribution in [3.05, 3.63) is 34.9 Å². The summed E-state index contributed by atoms with van der Waals surface area (Å²) < 4.78 is 3.11. The van der Waals surface area contributed by atoms with Crippen molar-refractivity contribution in [2.45, 2.75) is 51.7 Å². The van der Waals surface area contributed by atoms with Crippen LogP contribution < -0.4 is 5.32 Å². The molecule has 25 heavy (non-hydrogen) atoms. The van der Waals surface area contributed by atoms with Crippen LogP contribution in [0.5, 0.6) is 0 Å². The summed E-state index contributed by atoms with van der Waals surface area (Å²) in [6, 6.07) is 8.09. The molecule has 0 spiro atoms. The van der Waals surface area contributed by atoms with E-state index in [2.05, 4.69) is 44.0 Å². The number of hydrogen-bond acceptors (Lipinski definition) is 2. The van der Waals surface area contributed by atoms with Crippen LogP contribution in [-0.4, -0.2) is 39.4 Å². The molecule has 2 aromatic rings. The number of fused-ring (bicyclic) bond motifs is 1. The number of aromatic nitrogens is 1. The van der Waals surface area contributed by atoms with Crippen molar-refractivity contribution in [3.8, 4) is 0 Å². The number of aryl methyl sites for hydroxylation is 1. The van der Waals surface area contributed by atoms with Gasteiger partial charge in [0.15, 0.2) is 0 Å². The second-order valence-corrected chi connectivity index (χ2v) is 8.52. The van der Waals surface area contributed by atoms with Gasteiger partial charge in [-0.15, -0.1) is 0 Å². The molecule has 0 aliphatic carbocycles. The molecule has 2 amide bonds. The van der Waals surface area contributed by atoms with Gasteiger partial charge in [-0.05, 0) is 44.4 Å². The molecule has 0 saturated carbocycles. The molecular weight excluding hydrogens is 382 g/mol. The molecule has 1 aliphatic heterocycles. The molecule has 1 fully saturated rings. The van der Waals surface area contributed by atoms with Gasteiger partial charge < -0.3 is 14.8 Å². The highest BCUT2D eigenvalue weighted by Gasteiger charge is 2.36. The number of benzene rings is 1. The summed E-state index contributed by atoms with van der Waals surface area (Å²) in [7, 11) is 0. The molecular formula is C19H24BrN3O2. The lowest BCUT2D eigenvalue weighted by Crippen LogP contribution is -2.44. The topological polar surface area (TPSA) is 54.3 Å². The smallest absolute Gasteiger partial charge is 0.225 e. The molecule has 134 valence electrons. The fourth-order valence-electron chi connectivity index (χ4n) is 3.33. The number of hydrogen-bond donors (Lipinski definition) is 1. The summed E-state index contributed by atoms with van der Waals surface area (Å²) in [6.07, 6.45) is 2.80. The molecule has 1 aromatic heterocycles. The third kappa shape index (κ3) is 4.06. The minimum atomic E-state index is -0.200. The Labute approximate surface area is 156 Å². The third-order valence-corrected chi connectivity index (χ3v) is 5.11. The number of rotatable bonds is 4. The molecule has 1 aromatic carbocycles. The second kappa shape index (κ2) is 6.83. The van der Waals surface area contributed by atoms with Crippen molar-refractivity contribution < 1.29 is 9.59 Å². The maximum absolute atomic E-state index is 12.3. The van der Waals surface area contributed by atoms with Crippen molar-refractivity contribution in [2.24, 2.45) is 0 Å². The summed E-state index contributed by atoms with van der Waals surface area (Å²) in [5.74, 6) is 0.101. The van der Waals surface area contributed by atoms with E-state index in [1.165, 1.54) is 0 Å². The number of nitrogens with zero attached hydrogens (tertiary/aromatic N) is 2. The number of nitrogens with one attached hydrogen (secondary N) is 1. The molecule has 5 nitrogen and oxygen atoms in total. The van der Waals surface area contributed by atoms with Gasteiger partial charge in [0.2, 0.25) is 11.8 Å². The van der Waals surface area contributed by atoms with Gasteiger partial charge in [-0.2, -0.15) is 0 Å². The first-order chi connectivity index (χ1) is 11.7. The lowest BCUT2D eigenvalue weighted by Gasteiger charge is -2.32. The Bertz CT molecular complexity index is 807. The molecule has 1 unspecified atom stereocenters. The number of carbonyl (C=O) groups is 2. The predicted octanol–water partition coefficient (Wildman–Crippen LogP) is 3.31. The first-order valence-corrected chi connectivity index (χ1v) is 9.37. The summed E-state index contributed by atoms with van der Waals surface area (Å²) >= 11 is 3.49. The number of likely N-dealkylation sites (tertiary alicyclic amines) is 1. The Hall–Kier alpha value is -1.82. The SMILES string of the molecule is CC(C)(C)N1CC(NC(=O)CCn2ccc3ccc(Br)cc32)CC1=O. The van der Waals surface area contributed by atoms with Crippen molar-refractivity contribution in [1.82, 2.24) is 14.8 Å². The van der Waals surface area contributed by atoms with E-state index in [9.17, 15) is 9.59 Å². The molecule has 1 saturated heterocycles. The van der Waals surface area contributed by atoms with E-state index >= 15 is 0 Å². The van der Waals surface area contributed by atoms with E-state index in [0.29, 0.717) is 25.9 Å². The molecule has 1 atom stereocenters. The Kier molecular flexibility index (Phi) is 4.91. The van der Waals surface area contributed by atoms with Gasteiger partial charge in [0, 0.05) is 47.7 Å². The molecule has 1 aliphatic rings. The average Bonchev–Trinajstić information content (AvgIpc) is 3.08. The molecule has 3 rings (SSSR count). The Morgan fingerprint density at radius 2 is 2.08 bits per heavy atom. The first kappa shape index (κ1) is 18.0. The fraction of sp³-hybridized carbons (Fsp3) is 0.474. The number of halogens is 1. The Morgan fingerprint density at radius 1 is 1.32 bits per heavy atom. The highest BCUT2D eigenvalue weighted by atomic mass is 79.9. The first-order valence-electron chi connectivity index (χ1n) is 8.58. The minimum absolute atomic E-state index is 0.00888. The lowest BCUT2D eigenvalue weighted by atomic mass is 10.1. The molecule has 1 N–H and O–H groups in total. The fourth-order valence-corrected chi connectivity index (χ4v) is 3.68. The highest BCUT2D eigenvalue weighted by Crippen LogP contribution is 2.23. The largest absolute Gasteiger partial charge is 0.351 e. The van der Waals surface area contributed by atoms with E-state index in [-0.39, 0.29) is 23.4 Å². The van der Waals surface area contributed by atoms with Gasteiger partial charge >= 0.3 is 0 Å². The summed E-state index contributed by atoms with van der Waals surface area (Å²) in [5.41, 5.74) is 0.908. The number of carbonyl (C=O) groups excluding carboxylic acids is 2. The van der Waals surface area contributed by atoms with Crippen LogP contribution in [0.1, 0.15) is 33.6 Å². The van der Waals surface area contributed by atoms with Crippen LogP contribution >= 0.6 is 15.9 Å². The van der Waals surface area contributed by atoms with E-state index in [1.807, 2.05) is 37.9 Å². The maximum atomic E-state index is 12.3. The quantitative estimate of drug-likeness (QED) is 0.847. The zero-order valence-corrected chi connectivity index (χ0v) is 16.5. The Morgan fingerprint density at radius 3 is 2.76 bits per heavy atom. The van der Waals surface area contributed by atoms with Crippen LogP contribution in [0.25, 0.3) is 10.9 Å². The predicted molar refractivity (Wildman–Crippen MR) is 102 cm³/mol. The zero-order valence-electron chi connectivity index (χ0n) is 14.9. The van der Waals surface area contributed by atoms with Gasteiger partial charge in [-0.1, -0.05) is 22.0 Å². The van der Waals surface area contributed by atoms with Gasteiger partial charge in [0.25, 0.3) is 0 Å². The standard InChI is InChI=1S/C19H24BrN3O2/c1-19(2,3)23-12-15(11-18(23)25)21-17(24)7-9-22-8-6-13-4-5-14(20)10-16(13)22/h4-6,8,10,15H,7,9,11-12H2,1-3H3,(H,21,24). The Balaban J connectivity index is 1.56. The van der Waals surface area contributed by atoms with Gasteiger partial charge in [-0.25, -0.2) is 0 Å². The molecule has 0 radical (unpaired) electrons. The summed E-state index contributed by atoms with van der Waals surface area (Å²) in [6.45, 7) is 7.27. The summed E-state index contributed by atoms with van der Waals surface area (Å²) in [4.78, 5) is 26.2. The lowest BCUT2D eigenvalue weighted by molar-refractivity contribution is -0.131. The second-order valence-electron chi connectivity index (χ2n) is 7.61. The third-order valence-electron chi connectivity index (χ3n) is 4.62. The minimum Gasteiger partial charge on any atom is -0.351 e.